The first-order chi connectivity index (χ1) is 8.64. The highest BCUT2D eigenvalue weighted by atomic mass is 16.4. The normalized spacial score (nSPS) is 20.9. The minimum Gasteiger partial charge on any atom is -0.479 e. The number of hydrogen-bond acceptors (Lipinski definition) is 3. The Balaban J connectivity index is 2.06. The van der Waals surface area contributed by atoms with E-state index in [1.54, 1.807) is 20.0 Å². The maximum atomic E-state index is 11.9. The van der Waals surface area contributed by atoms with Crippen LogP contribution in [0.15, 0.2) is 12.4 Å². The fraction of sp³-hybridized carbons (Fsp3) is 0.615. The van der Waals surface area contributed by atoms with E-state index in [0.717, 1.165) is 6.42 Å². The summed E-state index contributed by atoms with van der Waals surface area (Å²) in [5, 5.41) is 15.9. The Morgan fingerprint density at radius 2 is 2.11 bits per heavy atom. The number of rotatable bonds is 4. The third kappa shape index (κ3) is 2.47. The predicted molar refractivity (Wildman–Crippen MR) is 69.7 cm³/mol. The highest BCUT2D eigenvalue weighted by Gasteiger charge is 2.50. The van der Waals surface area contributed by atoms with Gasteiger partial charge in [0.05, 0.1) is 11.9 Å². The molecule has 0 aliphatic heterocycles. The molecule has 1 aromatic heterocycles. The number of hydrogen-bond donors (Lipinski definition) is 2. The summed E-state index contributed by atoms with van der Waals surface area (Å²) in [5.74, 6) is -0.974. The van der Waals surface area contributed by atoms with Crippen LogP contribution in [0.25, 0.3) is 0 Å². The molecule has 104 valence electrons. The fourth-order valence-electron chi connectivity index (χ4n) is 1.94. The minimum atomic E-state index is -1.14. The molecule has 1 amide bonds. The number of nitrogens with one attached hydrogen (secondary N) is 1. The van der Waals surface area contributed by atoms with E-state index >= 15 is 0 Å². The van der Waals surface area contributed by atoms with E-state index in [9.17, 15) is 9.59 Å². The SMILES string of the molecule is CC1(C)C[C@@H]1C(=O)Nc1cnn(C(C)(C)C(=O)O)c1. The van der Waals surface area contributed by atoms with Crippen molar-refractivity contribution in [2.24, 2.45) is 11.3 Å². The Morgan fingerprint density at radius 3 is 2.58 bits per heavy atom. The topological polar surface area (TPSA) is 84.2 Å². The first-order valence-corrected chi connectivity index (χ1v) is 6.24. The van der Waals surface area contributed by atoms with Crippen LogP contribution in [-0.4, -0.2) is 26.8 Å². The zero-order valence-electron chi connectivity index (χ0n) is 11.6. The molecule has 19 heavy (non-hydrogen) atoms. The summed E-state index contributed by atoms with van der Waals surface area (Å²) in [7, 11) is 0. The Bertz CT molecular complexity index is 531. The lowest BCUT2D eigenvalue weighted by Gasteiger charge is -2.19. The van der Waals surface area contributed by atoms with Gasteiger partial charge in [0, 0.05) is 12.1 Å². The highest BCUT2D eigenvalue weighted by molar-refractivity contribution is 5.94. The van der Waals surface area contributed by atoms with E-state index in [0.29, 0.717) is 5.69 Å². The second kappa shape index (κ2) is 4.08. The van der Waals surface area contributed by atoms with Crippen molar-refractivity contribution in [3.8, 4) is 0 Å². The number of amides is 1. The molecule has 2 N–H and O–H groups in total. The van der Waals surface area contributed by atoms with Gasteiger partial charge in [0.15, 0.2) is 5.54 Å². The van der Waals surface area contributed by atoms with Crippen LogP contribution in [0.5, 0.6) is 0 Å². The largest absolute Gasteiger partial charge is 0.479 e. The molecular formula is C13H19N3O3. The van der Waals surface area contributed by atoms with Crippen LogP contribution in [0, 0.1) is 11.3 Å². The molecule has 0 radical (unpaired) electrons. The molecule has 2 rings (SSSR count). The molecular weight excluding hydrogens is 246 g/mol. The zero-order valence-corrected chi connectivity index (χ0v) is 11.6. The molecule has 0 unspecified atom stereocenters. The van der Waals surface area contributed by atoms with Crippen LogP contribution < -0.4 is 5.32 Å². The zero-order chi connectivity index (χ0) is 14.4. The molecule has 6 heteroatoms. The molecule has 0 spiro atoms. The first kappa shape index (κ1) is 13.6. The Hall–Kier alpha value is -1.85. The summed E-state index contributed by atoms with van der Waals surface area (Å²) in [6, 6.07) is 0. The summed E-state index contributed by atoms with van der Waals surface area (Å²) < 4.78 is 1.34. The number of aromatic nitrogens is 2. The van der Waals surface area contributed by atoms with Gasteiger partial charge in [-0.05, 0) is 25.7 Å². The molecule has 1 aliphatic carbocycles. The van der Waals surface area contributed by atoms with Crippen LogP contribution >= 0.6 is 0 Å². The third-order valence-corrected chi connectivity index (χ3v) is 3.78. The summed E-state index contributed by atoms with van der Waals surface area (Å²) in [4.78, 5) is 23.0. The summed E-state index contributed by atoms with van der Waals surface area (Å²) in [6.07, 6.45) is 3.90. The Kier molecular flexibility index (Phi) is 2.91. The molecule has 1 fully saturated rings. The van der Waals surface area contributed by atoms with Gasteiger partial charge in [-0.3, -0.25) is 9.48 Å². The monoisotopic (exact) mass is 265 g/mol. The van der Waals surface area contributed by atoms with Gasteiger partial charge in [-0.15, -0.1) is 0 Å². The number of carbonyl (C=O) groups excluding carboxylic acids is 1. The van der Waals surface area contributed by atoms with Gasteiger partial charge in [0.25, 0.3) is 0 Å². The standard InChI is InChI=1S/C13H19N3O3/c1-12(2)5-9(12)10(17)15-8-6-14-16(7-8)13(3,4)11(18)19/h6-7,9H,5H2,1-4H3,(H,15,17)(H,18,19)/t9-/m1/s1. The predicted octanol–water partition coefficient (Wildman–Crippen LogP) is 1.69. The number of anilines is 1. The average Bonchev–Trinajstić information content (AvgIpc) is 2.73. The van der Waals surface area contributed by atoms with Gasteiger partial charge in [0.2, 0.25) is 5.91 Å². The van der Waals surface area contributed by atoms with Gasteiger partial charge < -0.3 is 10.4 Å². The molecule has 0 aromatic carbocycles. The van der Waals surface area contributed by atoms with E-state index in [1.807, 2.05) is 13.8 Å². The Morgan fingerprint density at radius 1 is 1.53 bits per heavy atom. The summed E-state index contributed by atoms with van der Waals surface area (Å²) >= 11 is 0. The second-order valence-electron chi connectivity index (χ2n) is 6.27. The maximum absolute atomic E-state index is 11.9. The number of carboxylic acids is 1. The Labute approximate surface area is 111 Å². The molecule has 0 bridgehead atoms. The molecule has 1 atom stereocenters. The number of carboxylic acid groups (broad SMARTS) is 1. The van der Waals surface area contributed by atoms with Crippen molar-refractivity contribution in [2.45, 2.75) is 39.7 Å². The lowest BCUT2D eigenvalue weighted by Crippen LogP contribution is -2.35. The quantitative estimate of drug-likeness (QED) is 0.867. The van der Waals surface area contributed by atoms with Gasteiger partial charge in [0.1, 0.15) is 0 Å². The van der Waals surface area contributed by atoms with Crippen molar-refractivity contribution in [1.29, 1.82) is 0 Å². The van der Waals surface area contributed by atoms with Crippen LogP contribution in [0.1, 0.15) is 34.1 Å². The van der Waals surface area contributed by atoms with Crippen LogP contribution in [0.4, 0.5) is 5.69 Å². The van der Waals surface area contributed by atoms with E-state index < -0.39 is 11.5 Å². The van der Waals surface area contributed by atoms with Gasteiger partial charge in [-0.1, -0.05) is 13.8 Å². The van der Waals surface area contributed by atoms with Crippen LogP contribution in [-0.2, 0) is 15.1 Å². The van der Waals surface area contributed by atoms with Crippen LogP contribution in [0.2, 0.25) is 0 Å². The van der Waals surface area contributed by atoms with E-state index in [4.69, 9.17) is 5.11 Å². The van der Waals surface area contributed by atoms with Crippen LogP contribution in [0.3, 0.4) is 0 Å². The summed E-state index contributed by atoms with van der Waals surface area (Å²) in [5.41, 5.74) is -0.538. The number of aliphatic carboxylic acids is 1. The number of carbonyl (C=O) groups is 2. The lowest BCUT2D eigenvalue weighted by atomic mass is 10.1. The van der Waals surface area contributed by atoms with Gasteiger partial charge in [-0.25, -0.2) is 4.79 Å². The molecule has 1 aliphatic rings. The molecule has 1 saturated carbocycles. The summed E-state index contributed by atoms with van der Waals surface area (Å²) in [6.45, 7) is 7.21. The molecule has 1 heterocycles. The van der Waals surface area contributed by atoms with Crippen molar-refractivity contribution in [2.75, 3.05) is 5.32 Å². The van der Waals surface area contributed by atoms with Crippen molar-refractivity contribution >= 4 is 17.6 Å². The van der Waals surface area contributed by atoms with E-state index in [2.05, 4.69) is 10.4 Å². The van der Waals surface area contributed by atoms with Crippen molar-refractivity contribution < 1.29 is 14.7 Å². The number of nitrogens with zero attached hydrogens (tertiary/aromatic N) is 2. The van der Waals surface area contributed by atoms with Gasteiger partial charge in [-0.2, -0.15) is 5.10 Å². The van der Waals surface area contributed by atoms with E-state index in [-0.39, 0.29) is 17.2 Å². The minimum absolute atomic E-state index is 0.0299. The maximum Gasteiger partial charge on any atom is 0.331 e. The molecule has 6 nitrogen and oxygen atoms in total. The van der Waals surface area contributed by atoms with Crippen molar-refractivity contribution in [3.63, 3.8) is 0 Å². The lowest BCUT2D eigenvalue weighted by molar-refractivity contribution is -0.146. The molecule has 1 aromatic rings. The fourth-order valence-corrected chi connectivity index (χ4v) is 1.94. The van der Waals surface area contributed by atoms with Gasteiger partial charge >= 0.3 is 5.97 Å². The first-order valence-electron chi connectivity index (χ1n) is 6.24. The smallest absolute Gasteiger partial charge is 0.331 e. The molecule has 0 saturated heterocycles. The van der Waals surface area contributed by atoms with E-state index in [1.165, 1.54) is 10.9 Å². The van der Waals surface area contributed by atoms with Crippen molar-refractivity contribution in [3.05, 3.63) is 12.4 Å². The third-order valence-electron chi connectivity index (χ3n) is 3.78. The highest BCUT2D eigenvalue weighted by Crippen LogP contribution is 2.51. The van der Waals surface area contributed by atoms with Crippen molar-refractivity contribution in [1.82, 2.24) is 9.78 Å². The average molecular weight is 265 g/mol. The second-order valence-corrected chi connectivity index (χ2v) is 6.27.